The van der Waals surface area contributed by atoms with Crippen LogP contribution >= 0.6 is 0 Å². The zero-order valence-corrected chi connectivity index (χ0v) is 15.9. The van der Waals surface area contributed by atoms with E-state index >= 15 is 0 Å². The number of rotatable bonds is 3. The lowest BCUT2D eigenvalue weighted by Gasteiger charge is -2.15. The second kappa shape index (κ2) is 6.65. The molecule has 0 unspecified atom stereocenters. The molecule has 0 radical (unpaired) electrons. The molecule has 0 spiro atoms. The molecule has 1 N–H and O–H groups in total. The van der Waals surface area contributed by atoms with Crippen molar-refractivity contribution >= 4 is 17.2 Å². The Hall–Kier alpha value is -2.95. The Morgan fingerprint density at radius 1 is 1.11 bits per heavy atom. The highest BCUT2D eigenvalue weighted by Crippen LogP contribution is 2.35. The number of allylic oxidation sites excluding steroid dienone is 2. The molecule has 138 valence electrons. The van der Waals surface area contributed by atoms with Crippen LogP contribution in [0.25, 0.3) is 22.3 Å². The molecule has 4 rings (SSSR count). The van der Waals surface area contributed by atoms with Gasteiger partial charge >= 0.3 is 5.97 Å². The number of carbonyl (C=O) groups is 1. The summed E-state index contributed by atoms with van der Waals surface area (Å²) in [4.78, 5) is 16.2. The molecule has 0 saturated carbocycles. The van der Waals surface area contributed by atoms with Crippen LogP contribution in [-0.2, 0) is 0 Å². The first-order chi connectivity index (χ1) is 13.0. The molecule has 27 heavy (non-hydrogen) atoms. The summed E-state index contributed by atoms with van der Waals surface area (Å²) in [5.41, 5.74) is 7.82. The summed E-state index contributed by atoms with van der Waals surface area (Å²) in [6.07, 6.45) is 6.46. The van der Waals surface area contributed by atoms with Crippen molar-refractivity contribution in [2.24, 2.45) is 0 Å². The van der Waals surface area contributed by atoms with Crippen LogP contribution in [0.2, 0.25) is 0 Å². The summed E-state index contributed by atoms with van der Waals surface area (Å²) in [6.45, 7) is 6.10. The number of nitrogens with zero attached hydrogens (tertiary/aromatic N) is 3. The molecule has 3 aromatic rings. The van der Waals surface area contributed by atoms with Crippen molar-refractivity contribution in [2.45, 2.75) is 46.5 Å². The first-order valence-electron chi connectivity index (χ1n) is 9.37. The third kappa shape index (κ3) is 2.93. The van der Waals surface area contributed by atoms with Gasteiger partial charge in [0.25, 0.3) is 0 Å². The zero-order valence-electron chi connectivity index (χ0n) is 15.9. The number of benzene rings is 1. The van der Waals surface area contributed by atoms with Crippen LogP contribution in [0.15, 0.2) is 30.3 Å². The lowest BCUT2D eigenvalue weighted by Crippen LogP contribution is -2.08. The van der Waals surface area contributed by atoms with Gasteiger partial charge in [0, 0.05) is 0 Å². The summed E-state index contributed by atoms with van der Waals surface area (Å²) in [5.74, 6) is -1.01. The van der Waals surface area contributed by atoms with Crippen molar-refractivity contribution in [1.29, 1.82) is 0 Å². The molecule has 0 fully saturated rings. The highest BCUT2D eigenvalue weighted by molar-refractivity contribution is 5.90. The van der Waals surface area contributed by atoms with Crippen LogP contribution in [0.4, 0.5) is 0 Å². The van der Waals surface area contributed by atoms with Gasteiger partial charge in [-0.15, -0.1) is 0 Å². The fraction of sp³-hybridized carbons (Fsp3) is 0.318. The van der Waals surface area contributed by atoms with Gasteiger partial charge in [-0.25, -0.2) is 14.3 Å². The molecule has 0 atom stereocenters. The molecule has 5 nitrogen and oxygen atoms in total. The van der Waals surface area contributed by atoms with E-state index in [-0.39, 0.29) is 5.69 Å². The number of hydrogen-bond donors (Lipinski definition) is 1. The lowest BCUT2D eigenvalue weighted by atomic mass is 9.95. The fourth-order valence-electron chi connectivity index (χ4n) is 4.03. The molecule has 0 saturated heterocycles. The van der Waals surface area contributed by atoms with E-state index in [1.165, 1.54) is 6.42 Å². The second-order valence-corrected chi connectivity index (χ2v) is 7.27. The number of carboxylic acids is 1. The maximum Gasteiger partial charge on any atom is 0.354 e. The molecule has 1 aromatic carbocycles. The van der Waals surface area contributed by atoms with E-state index in [0.29, 0.717) is 5.65 Å². The van der Waals surface area contributed by atoms with Gasteiger partial charge in [0.2, 0.25) is 0 Å². The summed E-state index contributed by atoms with van der Waals surface area (Å²) in [6, 6.07) is 7.82. The van der Waals surface area contributed by atoms with Crippen molar-refractivity contribution < 1.29 is 9.90 Å². The summed E-state index contributed by atoms with van der Waals surface area (Å²) >= 11 is 0. The zero-order chi connectivity index (χ0) is 19.1. The van der Waals surface area contributed by atoms with Gasteiger partial charge in [0.05, 0.1) is 17.0 Å². The Morgan fingerprint density at radius 2 is 1.85 bits per heavy atom. The van der Waals surface area contributed by atoms with Crippen LogP contribution in [0.5, 0.6) is 0 Å². The van der Waals surface area contributed by atoms with E-state index in [2.05, 4.69) is 37.0 Å². The maximum atomic E-state index is 11.8. The van der Waals surface area contributed by atoms with Gasteiger partial charge < -0.3 is 5.11 Å². The van der Waals surface area contributed by atoms with Crippen LogP contribution in [0.1, 0.15) is 58.7 Å². The second-order valence-electron chi connectivity index (χ2n) is 7.27. The largest absolute Gasteiger partial charge is 0.477 e. The topological polar surface area (TPSA) is 67.5 Å². The normalized spacial score (nSPS) is 14.4. The fourth-order valence-corrected chi connectivity index (χ4v) is 4.03. The molecule has 0 aliphatic heterocycles. The van der Waals surface area contributed by atoms with E-state index in [4.69, 9.17) is 5.10 Å². The molecule has 5 heteroatoms. The van der Waals surface area contributed by atoms with Gasteiger partial charge in [0.1, 0.15) is 0 Å². The third-order valence-electron chi connectivity index (χ3n) is 5.33. The van der Waals surface area contributed by atoms with Crippen LogP contribution in [0, 0.1) is 20.8 Å². The first-order valence-corrected chi connectivity index (χ1v) is 9.37. The number of aromatic carboxylic acids is 1. The number of fused-ring (bicyclic) bond motifs is 1. The molecule has 1 aliphatic carbocycles. The standard InChI is InChI=1S/C22H23N3O2/c1-13-8-7-9-14(2)19(13)20-15(3)24-25-18(16-10-5-4-6-11-16)12-17(22(26)27)23-21(20)25/h7-10,12H,4-6,11H2,1-3H3,(H,26,27). The Labute approximate surface area is 158 Å². The number of aromatic nitrogens is 3. The van der Waals surface area contributed by atoms with E-state index < -0.39 is 5.97 Å². The van der Waals surface area contributed by atoms with Gasteiger partial charge in [-0.1, -0.05) is 24.3 Å². The molecule has 0 bridgehead atoms. The predicted octanol–water partition coefficient (Wildman–Crippen LogP) is 4.98. The highest BCUT2D eigenvalue weighted by Gasteiger charge is 2.22. The van der Waals surface area contributed by atoms with E-state index in [0.717, 1.165) is 58.5 Å². The Morgan fingerprint density at radius 3 is 2.48 bits per heavy atom. The predicted molar refractivity (Wildman–Crippen MR) is 106 cm³/mol. The minimum Gasteiger partial charge on any atom is -0.477 e. The SMILES string of the molecule is Cc1cccc(C)c1-c1c(C)nn2c(C3=CCCCC3)cc(C(=O)O)nc12. The Bertz CT molecular complexity index is 1070. The van der Waals surface area contributed by atoms with Crippen molar-refractivity contribution in [2.75, 3.05) is 0 Å². The molecule has 2 aromatic heterocycles. The highest BCUT2D eigenvalue weighted by atomic mass is 16.4. The van der Waals surface area contributed by atoms with Crippen molar-refractivity contribution in [3.8, 4) is 11.1 Å². The molecule has 0 amide bonds. The Kier molecular flexibility index (Phi) is 4.30. The van der Waals surface area contributed by atoms with Crippen molar-refractivity contribution in [1.82, 2.24) is 14.6 Å². The minimum absolute atomic E-state index is 0.0661. The molecule has 2 heterocycles. The smallest absolute Gasteiger partial charge is 0.354 e. The quantitative estimate of drug-likeness (QED) is 0.714. The van der Waals surface area contributed by atoms with E-state index in [1.54, 1.807) is 6.07 Å². The number of carboxylic acid groups (broad SMARTS) is 1. The van der Waals surface area contributed by atoms with E-state index in [9.17, 15) is 9.90 Å². The van der Waals surface area contributed by atoms with Crippen LogP contribution in [-0.4, -0.2) is 25.7 Å². The van der Waals surface area contributed by atoms with Gasteiger partial charge in [0.15, 0.2) is 11.3 Å². The summed E-state index contributed by atoms with van der Waals surface area (Å²) in [7, 11) is 0. The van der Waals surface area contributed by atoms with Gasteiger partial charge in [-0.3, -0.25) is 0 Å². The first kappa shape index (κ1) is 17.5. The lowest BCUT2D eigenvalue weighted by molar-refractivity contribution is 0.0690. The van der Waals surface area contributed by atoms with Crippen LogP contribution < -0.4 is 0 Å². The van der Waals surface area contributed by atoms with E-state index in [1.807, 2.05) is 17.5 Å². The van der Waals surface area contributed by atoms with Gasteiger partial charge in [-0.05, 0) is 74.8 Å². The minimum atomic E-state index is -1.01. The molecular formula is C22H23N3O2. The van der Waals surface area contributed by atoms with Crippen LogP contribution in [0.3, 0.4) is 0 Å². The van der Waals surface area contributed by atoms with Crippen molar-refractivity contribution in [3.63, 3.8) is 0 Å². The summed E-state index contributed by atoms with van der Waals surface area (Å²) in [5, 5.41) is 14.4. The number of hydrogen-bond acceptors (Lipinski definition) is 3. The van der Waals surface area contributed by atoms with Crippen molar-refractivity contribution in [3.05, 3.63) is 58.6 Å². The van der Waals surface area contributed by atoms with Gasteiger partial charge in [-0.2, -0.15) is 5.10 Å². The number of aryl methyl sites for hydroxylation is 3. The third-order valence-corrected chi connectivity index (χ3v) is 5.33. The Balaban J connectivity index is 2.08. The molecule has 1 aliphatic rings. The average Bonchev–Trinajstić information content (AvgIpc) is 2.97. The maximum absolute atomic E-state index is 11.8. The monoisotopic (exact) mass is 361 g/mol. The molecular weight excluding hydrogens is 338 g/mol. The average molecular weight is 361 g/mol. The summed E-state index contributed by atoms with van der Waals surface area (Å²) < 4.78 is 1.83.